The van der Waals surface area contributed by atoms with Crippen LogP contribution in [0.4, 0.5) is 10.2 Å². The Morgan fingerprint density at radius 1 is 1.35 bits per heavy atom. The molecule has 0 unspecified atom stereocenters. The highest BCUT2D eigenvalue weighted by Crippen LogP contribution is 2.19. The van der Waals surface area contributed by atoms with E-state index in [-0.39, 0.29) is 17.9 Å². The number of halogens is 1. The zero-order valence-electron chi connectivity index (χ0n) is 11.1. The van der Waals surface area contributed by atoms with Crippen LogP contribution in [0.3, 0.4) is 0 Å². The van der Waals surface area contributed by atoms with Gasteiger partial charge in [-0.1, -0.05) is 6.07 Å². The molecule has 0 saturated carbocycles. The minimum Gasteiger partial charge on any atom is -0.484 e. The molecule has 0 fully saturated rings. The molecule has 20 heavy (non-hydrogen) atoms. The molecule has 0 aliphatic rings. The molecule has 2 aromatic rings. The van der Waals surface area contributed by atoms with Crippen molar-refractivity contribution in [3.05, 3.63) is 53.5 Å². The van der Waals surface area contributed by atoms with Crippen LogP contribution in [0, 0.1) is 17.1 Å². The first-order valence-electron chi connectivity index (χ1n) is 6.25. The van der Waals surface area contributed by atoms with Gasteiger partial charge >= 0.3 is 0 Å². The van der Waals surface area contributed by atoms with E-state index in [1.54, 1.807) is 0 Å². The third-order valence-corrected chi connectivity index (χ3v) is 2.60. The highest BCUT2D eigenvalue weighted by atomic mass is 19.1. The van der Waals surface area contributed by atoms with E-state index in [2.05, 4.69) is 10.3 Å². The summed E-state index contributed by atoms with van der Waals surface area (Å²) in [5.41, 5.74) is 0.967. The van der Waals surface area contributed by atoms with Crippen molar-refractivity contribution in [2.45, 2.75) is 13.5 Å². The first-order chi connectivity index (χ1) is 9.72. The molecule has 0 spiro atoms. The van der Waals surface area contributed by atoms with Gasteiger partial charge in [-0.25, -0.2) is 9.37 Å². The number of aromatic nitrogens is 1. The summed E-state index contributed by atoms with van der Waals surface area (Å²) in [6.07, 6.45) is 0. The fraction of sp³-hybridized carbons (Fsp3) is 0.200. The Morgan fingerprint density at radius 2 is 2.20 bits per heavy atom. The molecule has 0 radical (unpaired) electrons. The molecule has 1 N–H and O–H groups in total. The van der Waals surface area contributed by atoms with Crippen molar-refractivity contribution < 1.29 is 9.13 Å². The lowest BCUT2D eigenvalue weighted by Gasteiger charge is -2.08. The summed E-state index contributed by atoms with van der Waals surface area (Å²) in [6, 6.07) is 11.5. The van der Waals surface area contributed by atoms with Gasteiger partial charge in [-0.15, -0.1) is 0 Å². The topological polar surface area (TPSA) is 57.9 Å². The number of nitrogens with one attached hydrogen (secondary N) is 1. The van der Waals surface area contributed by atoms with E-state index in [1.165, 1.54) is 12.1 Å². The van der Waals surface area contributed by atoms with Crippen LogP contribution in [0.5, 0.6) is 5.75 Å². The van der Waals surface area contributed by atoms with Crippen LogP contribution in [0.15, 0.2) is 36.4 Å². The number of ether oxygens (including phenoxy) is 1. The number of nitriles is 1. The Balaban J connectivity index is 2.05. The smallest absolute Gasteiger partial charge is 0.166 e. The van der Waals surface area contributed by atoms with Crippen molar-refractivity contribution in [3.63, 3.8) is 0 Å². The van der Waals surface area contributed by atoms with Gasteiger partial charge in [-0.05, 0) is 37.3 Å². The molecular weight excluding hydrogens is 257 g/mol. The lowest BCUT2D eigenvalue weighted by atomic mass is 10.2. The largest absolute Gasteiger partial charge is 0.484 e. The Morgan fingerprint density at radius 3 is 2.90 bits per heavy atom. The molecule has 0 amide bonds. The lowest BCUT2D eigenvalue weighted by molar-refractivity contribution is 0.286. The van der Waals surface area contributed by atoms with E-state index < -0.39 is 5.82 Å². The molecule has 1 aromatic carbocycles. The maximum Gasteiger partial charge on any atom is 0.166 e. The van der Waals surface area contributed by atoms with Gasteiger partial charge in [-0.2, -0.15) is 5.26 Å². The van der Waals surface area contributed by atoms with Crippen molar-refractivity contribution in [2.75, 3.05) is 11.9 Å². The molecule has 2 rings (SSSR count). The van der Waals surface area contributed by atoms with Gasteiger partial charge in [-0.3, -0.25) is 0 Å². The van der Waals surface area contributed by atoms with Gasteiger partial charge in [0.1, 0.15) is 12.4 Å². The van der Waals surface area contributed by atoms with E-state index in [1.807, 2.05) is 31.2 Å². The van der Waals surface area contributed by atoms with E-state index in [0.717, 1.165) is 18.4 Å². The summed E-state index contributed by atoms with van der Waals surface area (Å²) in [7, 11) is 0. The molecule has 0 bridgehead atoms. The second kappa shape index (κ2) is 6.53. The molecule has 5 heteroatoms. The fourth-order valence-corrected chi connectivity index (χ4v) is 1.68. The summed E-state index contributed by atoms with van der Waals surface area (Å²) < 4.78 is 19.0. The van der Waals surface area contributed by atoms with E-state index in [4.69, 9.17) is 10.00 Å². The molecule has 0 aliphatic carbocycles. The average molecular weight is 271 g/mol. The summed E-state index contributed by atoms with van der Waals surface area (Å²) in [5, 5.41) is 11.8. The second-order valence-electron chi connectivity index (χ2n) is 4.09. The predicted octanol–water partition coefficient (Wildman–Crippen LogP) is 3.10. The van der Waals surface area contributed by atoms with Crippen molar-refractivity contribution in [1.82, 2.24) is 4.98 Å². The molecule has 1 heterocycles. The van der Waals surface area contributed by atoms with Crippen LogP contribution < -0.4 is 10.1 Å². The monoisotopic (exact) mass is 271 g/mol. The Kier molecular flexibility index (Phi) is 4.51. The van der Waals surface area contributed by atoms with E-state index in [0.29, 0.717) is 5.69 Å². The minimum absolute atomic E-state index is 0.111. The van der Waals surface area contributed by atoms with Crippen LogP contribution >= 0.6 is 0 Å². The minimum atomic E-state index is -0.549. The number of benzene rings is 1. The first-order valence-corrected chi connectivity index (χ1v) is 6.25. The number of rotatable bonds is 5. The highest BCUT2D eigenvalue weighted by molar-refractivity contribution is 5.37. The Bertz CT molecular complexity index is 637. The summed E-state index contributed by atoms with van der Waals surface area (Å²) >= 11 is 0. The van der Waals surface area contributed by atoms with Crippen LogP contribution in [0.25, 0.3) is 0 Å². The average Bonchev–Trinajstić information content (AvgIpc) is 2.46. The molecular formula is C15H14FN3O. The van der Waals surface area contributed by atoms with Gasteiger partial charge in [0, 0.05) is 6.54 Å². The van der Waals surface area contributed by atoms with Crippen LogP contribution in [0.2, 0.25) is 0 Å². The van der Waals surface area contributed by atoms with Gasteiger partial charge in [0.2, 0.25) is 0 Å². The third kappa shape index (κ3) is 3.45. The molecule has 1 aromatic heterocycles. The number of hydrogen-bond acceptors (Lipinski definition) is 4. The van der Waals surface area contributed by atoms with Crippen molar-refractivity contribution in [3.8, 4) is 11.8 Å². The van der Waals surface area contributed by atoms with Crippen LogP contribution in [0.1, 0.15) is 18.2 Å². The molecule has 4 nitrogen and oxygen atoms in total. The Hall–Kier alpha value is -2.61. The maximum atomic E-state index is 13.6. The lowest BCUT2D eigenvalue weighted by Crippen LogP contribution is -2.04. The SMILES string of the molecule is CCNc1cccc(COc2ccc(C#N)cc2F)n1. The molecule has 0 saturated heterocycles. The standard InChI is InChI=1S/C15H14FN3O/c1-2-18-15-5-3-4-12(19-15)10-20-14-7-6-11(9-17)8-13(14)16/h3-8H,2,10H2,1H3,(H,18,19). The van der Waals surface area contributed by atoms with E-state index in [9.17, 15) is 4.39 Å². The number of pyridine rings is 1. The highest BCUT2D eigenvalue weighted by Gasteiger charge is 2.06. The normalized spacial score (nSPS) is 9.85. The predicted molar refractivity (Wildman–Crippen MR) is 73.8 cm³/mol. The van der Waals surface area contributed by atoms with Gasteiger partial charge < -0.3 is 10.1 Å². The number of hydrogen-bond donors (Lipinski definition) is 1. The van der Waals surface area contributed by atoms with Gasteiger partial charge in [0.05, 0.1) is 17.3 Å². The molecule has 0 atom stereocenters. The third-order valence-electron chi connectivity index (χ3n) is 2.60. The first kappa shape index (κ1) is 13.8. The molecule has 102 valence electrons. The maximum absolute atomic E-state index is 13.6. The Labute approximate surface area is 116 Å². The van der Waals surface area contributed by atoms with Crippen LogP contribution in [-0.4, -0.2) is 11.5 Å². The fourth-order valence-electron chi connectivity index (χ4n) is 1.68. The zero-order chi connectivity index (χ0) is 14.4. The second-order valence-corrected chi connectivity index (χ2v) is 4.09. The quantitative estimate of drug-likeness (QED) is 0.907. The summed E-state index contributed by atoms with van der Waals surface area (Å²) in [6.45, 7) is 2.93. The van der Waals surface area contributed by atoms with Crippen molar-refractivity contribution in [1.29, 1.82) is 5.26 Å². The van der Waals surface area contributed by atoms with Gasteiger partial charge in [0.15, 0.2) is 11.6 Å². The summed E-state index contributed by atoms with van der Waals surface area (Å²) in [5.74, 6) is 0.320. The van der Waals surface area contributed by atoms with Crippen molar-refractivity contribution >= 4 is 5.82 Å². The van der Waals surface area contributed by atoms with Gasteiger partial charge in [0.25, 0.3) is 0 Å². The number of anilines is 1. The summed E-state index contributed by atoms with van der Waals surface area (Å²) in [4.78, 5) is 4.33. The number of nitrogens with zero attached hydrogens (tertiary/aromatic N) is 2. The van der Waals surface area contributed by atoms with Crippen LogP contribution in [-0.2, 0) is 6.61 Å². The van der Waals surface area contributed by atoms with E-state index >= 15 is 0 Å². The zero-order valence-corrected chi connectivity index (χ0v) is 11.1. The van der Waals surface area contributed by atoms with Crippen molar-refractivity contribution in [2.24, 2.45) is 0 Å². The molecule has 0 aliphatic heterocycles.